The highest BCUT2D eigenvalue weighted by Gasteiger charge is 2.22. The van der Waals surface area contributed by atoms with Gasteiger partial charge in [0.15, 0.2) is 0 Å². The summed E-state index contributed by atoms with van der Waals surface area (Å²) in [5.41, 5.74) is 8.04. The zero-order valence-corrected chi connectivity index (χ0v) is 15.7. The van der Waals surface area contributed by atoms with E-state index in [1.807, 2.05) is 0 Å². The lowest BCUT2D eigenvalue weighted by molar-refractivity contribution is -0.122. The minimum atomic E-state index is -0.373. The number of hydrogen-bond donors (Lipinski definition) is 2. The van der Waals surface area contributed by atoms with Gasteiger partial charge in [0.05, 0.1) is 0 Å². The average Bonchev–Trinajstić information content (AvgIpc) is 2.55. The molecule has 5 heteroatoms. The van der Waals surface area contributed by atoms with Gasteiger partial charge in [0, 0.05) is 25.6 Å². The first-order chi connectivity index (χ1) is 11.8. The maximum atomic E-state index is 12.1. The smallest absolute Gasteiger partial charge is 0.314 e. The number of hydrogen-bond acceptors (Lipinski definition) is 2. The highest BCUT2D eigenvalue weighted by atomic mass is 16.2. The number of benzene rings is 1. The number of urea groups is 1. The van der Waals surface area contributed by atoms with Crippen LogP contribution in [0, 0.1) is 0 Å². The first-order valence-corrected chi connectivity index (χ1v) is 9.19. The van der Waals surface area contributed by atoms with E-state index in [1.165, 1.54) is 11.1 Å². The van der Waals surface area contributed by atoms with Gasteiger partial charge in [-0.05, 0) is 42.2 Å². The van der Waals surface area contributed by atoms with E-state index in [1.54, 1.807) is 4.90 Å². The Morgan fingerprint density at radius 2 is 1.76 bits per heavy atom. The summed E-state index contributed by atoms with van der Waals surface area (Å²) < 4.78 is 0. The number of carbonyl (C=O) groups is 2. The fourth-order valence-electron chi connectivity index (χ4n) is 3.17. The highest BCUT2D eigenvalue weighted by Crippen LogP contribution is 2.22. The largest absolute Gasteiger partial charge is 0.353 e. The predicted octanol–water partition coefficient (Wildman–Crippen LogP) is 2.97. The fourth-order valence-corrected chi connectivity index (χ4v) is 3.17. The van der Waals surface area contributed by atoms with Gasteiger partial charge in [-0.1, -0.05) is 45.0 Å². The van der Waals surface area contributed by atoms with Crippen molar-refractivity contribution < 1.29 is 9.59 Å². The molecule has 3 amide bonds. The van der Waals surface area contributed by atoms with Crippen molar-refractivity contribution in [1.29, 1.82) is 0 Å². The van der Waals surface area contributed by atoms with Crippen molar-refractivity contribution in [1.82, 2.24) is 10.2 Å². The van der Waals surface area contributed by atoms with Gasteiger partial charge in [-0.15, -0.1) is 0 Å². The average molecular weight is 345 g/mol. The number of piperidine rings is 1. The lowest BCUT2D eigenvalue weighted by atomic mass is 9.86. The summed E-state index contributed by atoms with van der Waals surface area (Å²) in [6.07, 6.45) is 3.86. The van der Waals surface area contributed by atoms with Gasteiger partial charge in [-0.3, -0.25) is 4.79 Å². The number of amides is 3. The molecule has 25 heavy (non-hydrogen) atoms. The molecule has 0 saturated carbocycles. The quantitative estimate of drug-likeness (QED) is 0.861. The Bertz CT molecular complexity index is 582. The van der Waals surface area contributed by atoms with E-state index in [-0.39, 0.29) is 23.4 Å². The molecule has 0 atom stereocenters. The van der Waals surface area contributed by atoms with E-state index < -0.39 is 0 Å². The summed E-state index contributed by atoms with van der Waals surface area (Å²) in [6, 6.07) is 8.48. The fraction of sp³-hybridized carbons (Fsp3) is 0.600. The number of nitrogens with zero attached hydrogens (tertiary/aromatic N) is 1. The molecule has 138 valence electrons. The minimum absolute atomic E-state index is 0.101. The third-order valence-electron chi connectivity index (χ3n) is 4.86. The molecule has 0 unspecified atom stereocenters. The second-order valence-corrected chi connectivity index (χ2v) is 7.97. The third kappa shape index (κ3) is 6.07. The second-order valence-electron chi connectivity index (χ2n) is 7.97. The SMILES string of the molecule is CC(C)(C)c1ccc(CCCC(=O)NC2CCN(C(N)=O)CC2)cc1. The number of nitrogens with two attached hydrogens (primary N) is 1. The molecular formula is C20H31N3O2. The Hall–Kier alpha value is -2.04. The molecule has 1 aromatic carbocycles. The number of aryl methyl sites for hydroxylation is 1. The lowest BCUT2D eigenvalue weighted by Crippen LogP contribution is -2.48. The Morgan fingerprint density at radius 3 is 2.28 bits per heavy atom. The highest BCUT2D eigenvalue weighted by molar-refractivity contribution is 5.76. The van der Waals surface area contributed by atoms with Crippen molar-refractivity contribution in [2.24, 2.45) is 5.73 Å². The monoisotopic (exact) mass is 345 g/mol. The first kappa shape index (κ1) is 19.3. The van der Waals surface area contributed by atoms with Crippen LogP contribution in [0.2, 0.25) is 0 Å². The molecule has 1 aliphatic rings. The minimum Gasteiger partial charge on any atom is -0.353 e. The normalized spacial score (nSPS) is 15.9. The van der Waals surface area contributed by atoms with Crippen LogP contribution in [-0.4, -0.2) is 36.0 Å². The van der Waals surface area contributed by atoms with Crippen LogP contribution in [0.25, 0.3) is 0 Å². The van der Waals surface area contributed by atoms with Crippen molar-refractivity contribution in [2.75, 3.05) is 13.1 Å². The van der Waals surface area contributed by atoms with E-state index in [4.69, 9.17) is 5.73 Å². The van der Waals surface area contributed by atoms with Gasteiger partial charge >= 0.3 is 6.03 Å². The molecule has 0 radical (unpaired) electrons. The van der Waals surface area contributed by atoms with Gasteiger partial charge < -0.3 is 16.0 Å². The van der Waals surface area contributed by atoms with Crippen LogP contribution in [0.15, 0.2) is 24.3 Å². The molecule has 1 fully saturated rings. The van der Waals surface area contributed by atoms with Gasteiger partial charge in [0.1, 0.15) is 0 Å². The molecule has 5 nitrogen and oxygen atoms in total. The summed E-state index contributed by atoms with van der Waals surface area (Å²) in [7, 11) is 0. The van der Waals surface area contributed by atoms with Crippen LogP contribution in [0.3, 0.4) is 0 Å². The number of likely N-dealkylation sites (tertiary alicyclic amines) is 1. The standard InChI is InChI=1S/C20H31N3O2/c1-20(2,3)16-9-7-15(8-10-16)5-4-6-18(24)22-17-11-13-23(14-12-17)19(21)25/h7-10,17H,4-6,11-14H2,1-3H3,(H2,21,25)(H,22,24). The predicted molar refractivity (Wildman–Crippen MR) is 100 cm³/mol. The number of carbonyl (C=O) groups excluding carboxylic acids is 2. The van der Waals surface area contributed by atoms with E-state index >= 15 is 0 Å². The second kappa shape index (κ2) is 8.37. The molecule has 1 heterocycles. The lowest BCUT2D eigenvalue weighted by Gasteiger charge is -2.31. The molecule has 1 saturated heterocycles. The molecule has 0 bridgehead atoms. The van der Waals surface area contributed by atoms with Crippen molar-refractivity contribution in [3.05, 3.63) is 35.4 Å². The van der Waals surface area contributed by atoms with Crippen LogP contribution in [-0.2, 0) is 16.6 Å². The van der Waals surface area contributed by atoms with Gasteiger partial charge in [0.25, 0.3) is 0 Å². The van der Waals surface area contributed by atoms with Gasteiger partial charge in [-0.2, -0.15) is 0 Å². The Kier molecular flexibility index (Phi) is 6.45. The molecule has 3 N–H and O–H groups in total. The zero-order valence-electron chi connectivity index (χ0n) is 15.7. The summed E-state index contributed by atoms with van der Waals surface area (Å²) >= 11 is 0. The topological polar surface area (TPSA) is 75.4 Å². The summed E-state index contributed by atoms with van der Waals surface area (Å²) in [5.74, 6) is 0.101. The molecular weight excluding hydrogens is 314 g/mol. The molecule has 1 aliphatic heterocycles. The third-order valence-corrected chi connectivity index (χ3v) is 4.86. The van der Waals surface area contributed by atoms with E-state index in [0.717, 1.165) is 25.7 Å². The molecule has 2 rings (SSSR count). The molecule has 1 aromatic rings. The maximum absolute atomic E-state index is 12.1. The van der Waals surface area contributed by atoms with E-state index in [0.29, 0.717) is 19.5 Å². The van der Waals surface area contributed by atoms with Crippen LogP contribution in [0.4, 0.5) is 4.79 Å². The zero-order chi connectivity index (χ0) is 18.4. The molecule has 0 spiro atoms. The van der Waals surface area contributed by atoms with Gasteiger partial charge in [0.2, 0.25) is 5.91 Å². The summed E-state index contributed by atoms with van der Waals surface area (Å²) in [4.78, 5) is 24.8. The number of rotatable bonds is 5. The summed E-state index contributed by atoms with van der Waals surface area (Å²) in [6.45, 7) is 7.88. The Labute approximate surface area is 151 Å². The van der Waals surface area contributed by atoms with Crippen molar-refractivity contribution in [2.45, 2.75) is 64.3 Å². The van der Waals surface area contributed by atoms with Crippen LogP contribution in [0.1, 0.15) is 57.6 Å². The Balaban J connectivity index is 1.68. The van der Waals surface area contributed by atoms with E-state index in [9.17, 15) is 9.59 Å². The first-order valence-electron chi connectivity index (χ1n) is 9.19. The van der Waals surface area contributed by atoms with Crippen LogP contribution in [0.5, 0.6) is 0 Å². The summed E-state index contributed by atoms with van der Waals surface area (Å²) in [5, 5.41) is 3.08. The van der Waals surface area contributed by atoms with Gasteiger partial charge in [-0.25, -0.2) is 4.79 Å². The molecule has 0 aromatic heterocycles. The van der Waals surface area contributed by atoms with Crippen molar-refractivity contribution >= 4 is 11.9 Å². The Morgan fingerprint density at radius 1 is 1.16 bits per heavy atom. The van der Waals surface area contributed by atoms with Crippen molar-refractivity contribution in [3.63, 3.8) is 0 Å². The van der Waals surface area contributed by atoms with Crippen LogP contribution >= 0.6 is 0 Å². The number of nitrogens with one attached hydrogen (secondary N) is 1. The number of primary amides is 1. The van der Waals surface area contributed by atoms with E-state index in [2.05, 4.69) is 50.4 Å². The van der Waals surface area contributed by atoms with Crippen LogP contribution < -0.4 is 11.1 Å². The molecule has 0 aliphatic carbocycles. The van der Waals surface area contributed by atoms with Crippen molar-refractivity contribution in [3.8, 4) is 0 Å². The maximum Gasteiger partial charge on any atom is 0.314 e.